The molecule has 0 aromatic carbocycles. The van der Waals surface area contributed by atoms with Crippen LogP contribution in [0.1, 0.15) is 35.3 Å². The number of hydrazine groups is 1. The second-order valence-corrected chi connectivity index (χ2v) is 4.50. The molecule has 1 heterocycles. The molecule has 2 rings (SSSR count). The molecule has 5 heteroatoms. The van der Waals surface area contributed by atoms with Crippen LogP contribution in [0.15, 0.2) is 12.3 Å². The first-order valence-electron chi connectivity index (χ1n) is 5.92. The fourth-order valence-electron chi connectivity index (χ4n) is 1.75. The van der Waals surface area contributed by atoms with Crippen LogP contribution in [-0.4, -0.2) is 17.4 Å². The number of hydrogen-bond donors (Lipinski definition) is 3. The van der Waals surface area contributed by atoms with Gasteiger partial charge in [-0.2, -0.15) is 0 Å². The van der Waals surface area contributed by atoms with E-state index in [1.165, 1.54) is 12.8 Å². The van der Waals surface area contributed by atoms with Gasteiger partial charge >= 0.3 is 0 Å². The minimum absolute atomic E-state index is 0.119. The first kappa shape index (κ1) is 11.9. The maximum Gasteiger partial charge on any atom is 0.255 e. The summed E-state index contributed by atoms with van der Waals surface area (Å²) in [4.78, 5) is 16.0. The summed E-state index contributed by atoms with van der Waals surface area (Å²) in [5, 5.41) is 2.89. The van der Waals surface area contributed by atoms with Crippen LogP contribution in [0.2, 0.25) is 0 Å². The molecule has 0 saturated heterocycles. The van der Waals surface area contributed by atoms with Gasteiger partial charge in [0, 0.05) is 18.4 Å². The molecule has 1 amide bonds. The smallest absolute Gasteiger partial charge is 0.255 e. The van der Waals surface area contributed by atoms with E-state index in [9.17, 15) is 4.79 Å². The lowest BCUT2D eigenvalue weighted by molar-refractivity contribution is 0.0953. The van der Waals surface area contributed by atoms with Gasteiger partial charge in [-0.15, -0.1) is 0 Å². The highest BCUT2D eigenvalue weighted by Gasteiger charge is 2.21. The summed E-state index contributed by atoms with van der Waals surface area (Å²) in [7, 11) is 0. The lowest BCUT2D eigenvalue weighted by Gasteiger charge is -2.09. The minimum Gasteiger partial charge on any atom is -0.352 e. The Morgan fingerprint density at radius 1 is 1.59 bits per heavy atom. The Labute approximate surface area is 101 Å². The molecule has 1 aliphatic carbocycles. The highest BCUT2D eigenvalue weighted by atomic mass is 16.1. The summed E-state index contributed by atoms with van der Waals surface area (Å²) in [6, 6.07) is 1.76. The zero-order valence-corrected chi connectivity index (χ0v) is 9.99. The SMILES string of the molecule is Cc1cc(NN)c(C(=O)NCCC2CC2)cn1. The monoisotopic (exact) mass is 234 g/mol. The second-order valence-electron chi connectivity index (χ2n) is 4.50. The van der Waals surface area contributed by atoms with Crippen molar-refractivity contribution in [2.24, 2.45) is 11.8 Å². The number of nitrogens with zero attached hydrogens (tertiary/aromatic N) is 1. The lowest BCUT2D eigenvalue weighted by atomic mass is 10.2. The van der Waals surface area contributed by atoms with E-state index >= 15 is 0 Å². The molecule has 5 nitrogen and oxygen atoms in total. The second kappa shape index (κ2) is 5.14. The number of aryl methyl sites for hydroxylation is 1. The number of anilines is 1. The zero-order chi connectivity index (χ0) is 12.3. The molecule has 1 fully saturated rings. The number of carbonyl (C=O) groups excluding carboxylic acids is 1. The normalized spacial score (nSPS) is 14.5. The molecule has 1 saturated carbocycles. The Kier molecular flexibility index (Phi) is 3.58. The summed E-state index contributed by atoms with van der Waals surface area (Å²) in [5.74, 6) is 6.09. The van der Waals surface area contributed by atoms with Gasteiger partial charge in [-0.05, 0) is 25.3 Å². The van der Waals surface area contributed by atoms with Crippen molar-refractivity contribution in [2.75, 3.05) is 12.0 Å². The molecule has 0 atom stereocenters. The van der Waals surface area contributed by atoms with Gasteiger partial charge in [0.2, 0.25) is 0 Å². The van der Waals surface area contributed by atoms with E-state index in [1.807, 2.05) is 6.92 Å². The average molecular weight is 234 g/mol. The van der Waals surface area contributed by atoms with E-state index < -0.39 is 0 Å². The third-order valence-corrected chi connectivity index (χ3v) is 2.98. The number of nitrogens with one attached hydrogen (secondary N) is 2. The summed E-state index contributed by atoms with van der Waals surface area (Å²) in [5.41, 5.74) is 4.46. The van der Waals surface area contributed by atoms with Crippen LogP contribution < -0.4 is 16.6 Å². The fourth-order valence-corrected chi connectivity index (χ4v) is 1.75. The summed E-state index contributed by atoms with van der Waals surface area (Å²) in [6.07, 6.45) is 5.22. The predicted octanol–water partition coefficient (Wildman–Crippen LogP) is 1.21. The Morgan fingerprint density at radius 2 is 2.35 bits per heavy atom. The van der Waals surface area contributed by atoms with Crippen LogP contribution in [-0.2, 0) is 0 Å². The number of rotatable bonds is 5. The topological polar surface area (TPSA) is 80.0 Å². The van der Waals surface area contributed by atoms with Crippen molar-refractivity contribution in [3.63, 3.8) is 0 Å². The molecule has 1 aromatic rings. The molecular weight excluding hydrogens is 216 g/mol. The van der Waals surface area contributed by atoms with E-state index in [-0.39, 0.29) is 5.91 Å². The van der Waals surface area contributed by atoms with Gasteiger partial charge in [-0.1, -0.05) is 12.8 Å². The van der Waals surface area contributed by atoms with E-state index in [4.69, 9.17) is 5.84 Å². The quantitative estimate of drug-likeness (QED) is 0.528. The van der Waals surface area contributed by atoms with E-state index in [2.05, 4.69) is 15.7 Å². The number of nitrogens with two attached hydrogens (primary N) is 1. The molecule has 0 spiro atoms. The lowest BCUT2D eigenvalue weighted by Crippen LogP contribution is -2.26. The van der Waals surface area contributed by atoms with Crippen LogP contribution in [0.4, 0.5) is 5.69 Å². The van der Waals surface area contributed by atoms with E-state index in [1.54, 1.807) is 12.3 Å². The molecule has 0 aliphatic heterocycles. The Hall–Kier alpha value is -1.62. The van der Waals surface area contributed by atoms with E-state index in [0.29, 0.717) is 11.3 Å². The van der Waals surface area contributed by atoms with Crippen molar-refractivity contribution in [3.8, 4) is 0 Å². The number of nitrogen functional groups attached to an aromatic ring is 1. The van der Waals surface area contributed by atoms with Crippen molar-refractivity contribution >= 4 is 11.6 Å². The number of amides is 1. The van der Waals surface area contributed by atoms with Crippen LogP contribution in [0.25, 0.3) is 0 Å². The zero-order valence-electron chi connectivity index (χ0n) is 9.99. The average Bonchev–Trinajstić information content (AvgIpc) is 3.12. The Balaban J connectivity index is 1.96. The maximum absolute atomic E-state index is 11.9. The Bertz CT molecular complexity index is 415. The molecule has 0 unspecified atom stereocenters. The van der Waals surface area contributed by atoms with Crippen LogP contribution in [0.3, 0.4) is 0 Å². The predicted molar refractivity (Wildman–Crippen MR) is 66.5 cm³/mol. The third kappa shape index (κ3) is 3.17. The van der Waals surface area contributed by atoms with Crippen molar-refractivity contribution in [3.05, 3.63) is 23.5 Å². The number of aromatic nitrogens is 1. The standard InChI is InChI=1S/C12H18N4O/c1-8-6-11(16-13)10(7-15-8)12(17)14-5-4-9-2-3-9/h6-7,9H,2-5,13H2,1H3,(H,14,17)(H,15,16). The van der Waals surface area contributed by atoms with Gasteiger partial charge in [0.25, 0.3) is 5.91 Å². The molecule has 1 aromatic heterocycles. The van der Waals surface area contributed by atoms with Crippen molar-refractivity contribution in [1.29, 1.82) is 0 Å². The van der Waals surface area contributed by atoms with E-state index in [0.717, 1.165) is 24.6 Å². The summed E-state index contributed by atoms with van der Waals surface area (Å²) in [6.45, 7) is 2.58. The highest BCUT2D eigenvalue weighted by Crippen LogP contribution is 2.31. The molecule has 1 aliphatic rings. The summed E-state index contributed by atoms with van der Waals surface area (Å²) >= 11 is 0. The first-order chi connectivity index (χ1) is 8.20. The largest absolute Gasteiger partial charge is 0.352 e. The highest BCUT2D eigenvalue weighted by molar-refractivity contribution is 5.99. The number of pyridine rings is 1. The van der Waals surface area contributed by atoms with Gasteiger partial charge < -0.3 is 10.7 Å². The summed E-state index contributed by atoms with van der Waals surface area (Å²) < 4.78 is 0. The van der Waals surface area contributed by atoms with Crippen molar-refractivity contribution in [1.82, 2.24) is 10.3 Å². The minimum atomic E-state index is -0.119. The molecule has 92 valence electrons. The van der Waals surface area contributed by atoms with Gasteiger partial charge in [0.05, 0.1) is 11.3 Å². The molecule has 0 bridgehead atoms. The van der Waals surface area contributed by atoms with Crippen LogP contribution in [0.5, 0.6) is 0 Å². The van der Waals surface area contributed by atoms with Gasteiger partial charge in [0.15, 0.2) is 0 Å². The number of carbonyl (C=O) groups is 1. The first-order valence-corrected chi connectivity index (χ1v) is 5.92. The van der Waals surface area contributed by atoms with Gasteiger partial charge in [-0.3, -0.25) is 15.6 Å². The van der Waals surface area contributed by atoms with Crippen molar-refractivity contribution in [2.45, 2.75) is 26.2 Å². The van der Waals surface area contributed by atoms with Gasteiger partial charge in [-0.25, -0.2) is 0 Å². The third-order valence-electron chi connectivity index (χ3n) is 2.98. The van der Waals surface area contributed by atoms with Crippen LogP contribution in [0, 0.1) is 12.8 Å². The molecule has 0 radical (unpaired) electrons. The van der Waals surface area contributed by atoms with Crippen LogP contribution >= 0.6 is 0 Å². The van der Waals surface area contributed by atoms with Crippen molar-refractivity contribution < 1.29 is 4.79 Å². The maximum atomic E-state index is 11.9. The molecular formula is C12H18N4O. The Morgan fingerprint density at radius 3 is 3.00 bits per heavy atom. The molecule has 17 heavy (non-hydrogen) atoms. The van der Waals surface area contributed by atoms with Gasteiger partial charge in [0.1, 0.15) is 0 Å². The molecule has 4 N–H and O–H groups in total. The fraction of sp³-hybridized carbons (Fsp3) is 0.500. The number of hydrogen-bond acceptors (Lipinski definition) is 4.